The van der Waals surface area contributed by atoms with E-state index >= 15 is 0 Å². The van der Waals surface area contributed by atoms with Crippen LogP contribution >= 0.6 is 0 Å². The van der Waals surface area contributed by atoms with E-state index in [0.717, 1.165) is 11.4 Å². The van der Waals surface area contributed by atoms with Crippen molar-refractivity contribution in [3.05, 3.63) is 29.9 Å². The molecular weight excluding hydrogens is 218 g/mol. The number of carbonyl (C=O) groups excluding carboxylic acids is 1. The van der Waals surface area contributed by atoms with Crippen molar-refractivity contribution in [1.82, 2.24) is 4.98 Å². The van der Waals surface area contributed by atoms with Gasteiger partial charge in [0.2, 0.25) is 0 Å². The smallest absolute Gasteiger partial charge is 0.176 e. The number of Topliss-reactive ketones (excluding diaryl/α,β-unsaturated/α-hetero) is 1. The molecule has 0 aliphatic carbocycles. The molecule has 6 nitrogen and oxygen atoms in total. The summed E-state index contributed by atoms with van der Waals surface area (Å²) in [7, 11) is 1.79. The Kier molecular flexibility index (Phi) is 4.06. The number of allylic oxidation sites excluding steroid dienone is 1. The van der Waals surface area contributed by atoms with Gasteiger partial charge in [-0.3, -0.25) is 14.8 Å². The Hall–Kier alpha value is -2.08. The molecule has 0 fully saturated rings. The van der Waals surface area contributed by atoms with Crippen LogP contribution in [0.15, 0.2) is 24.2 Å². The molecule has 5 N–H and O–H groups in total. The molecule has 1 aromatic heterocycles. The Bertz CT molecular complexity index is 455. The molecule has 1 rings (SSSR count). The van der Waals surface area contributed by atoms with E-state index < -0.39 is 0 Å². The van der Waals surface area contributed by atoms with Crippen LogP contribution in [0.25, 0.3) is 0 Å². The Morgan fingerprint density at radius 1 is 1.59 bits per heavy atom. The van der Waals surface area contributed by atoms with Gasteiger partial charge in [0.15, 0.2) is 5.78 Å². The summed E-state index contributed by atoms with van der Waals surface area (Å²) in [6.07, 6.45) is 3.08. The van der Waals surface area contributed by atoms with E-state index in [0.29, 0.717) is 5.69 Å². The number of nitrogens with zero attached hydrogens (tertiary/aromatic N) is 2. The molecular formula is C11H17N5O. The molecule has 17 heavy (non-hydrogen) atoms. The third-order valence-corrected chi connectivity index (χ3v) is 2.31. The summed E-state index contributed by atoms with van der Waals surface area (Å²) in [5, 5.41) is 4.25. The highest BCUT2D eigenvalue weighted by atomic mass is 16.1. The Morgan fingerprint density at radius 2 is 2.24 bits per heavy atom. The SMILES string of the molecule is CNc1cnc(C)c(N(N)/C=C(\N)C(C)=O)c1. The van der Waals surface area contributed by atoms with Crippen LogP contribution in [-0.2, 0) is 4.79 Å². The third-order valence-electron chi connectivity index (χ3n) is 2.31. The average Bonchev–Trinajstić information content (AvgIpc) is 2.29. The fraction of sp³-hybridized carbons (Fsp3) is 0.273. The highest BCUT2D eigenvalue weighted by molar-refractivity contribution is 5.92. The van der Waals surface area contributed by atoms with Gasteiger partial charge in [-0.1, -0.05) is 0 Å². The largest absolute Gasteiger partial charge is 0.395 e. The fourth-order valence-electron chi connectivity index (χ4n) is 1.23. The predicted octanol–water partition coefficient (Wildman–Crippen LogP) is 0.501. The van der Waals surface area contributed by atoms with Gasteiger partial charge in [-0.15, -0.1) is 0 Å². The second kappa shape index (κ2) is 5.31. The van der Waals surface area contributed by atoms with E-state index in [-0.39, 0.29) is 11.5 Å². The number of hydrazine groups is 1. The van der Waals surface area contributed by atoms with Crippen molar-refractivity contribution in [3.8, 4) is 0 Å². The molecule has 0 radical (unpaired) electrons. The van der Waals surface area contributed by atoms with Crippen molar-refractivity contribution in [1.29, 1.82) is 0 Å². The quantitative estimate of drug-likeness (QED) is 0.399. The topological polar surface area (TPSA) is 97.3 Å². The number of hydrogen-bond acceptors (Lipinski definition) is 6. The Morgan fingerprint density at radius 3 is 2.76 bits per heavy atom. The maximum Gasteiger partial charge on any atom is 0.176 e. The number of aromatic nitrogens is 1. The average molecular weight is 235 g/mol. The van der Waals surface area contributed by atoms with Crippen LogP contribution in [0, 0.1) is 6.92 Å². The zero-order valence-electron chi connectivity index (χ0n) is 10.2. The van der Waals surface area contributed by atoms with Crippen molar-refractivity contribution in [2.45, 2.75) is 13.8 Å². The molecule has 0 amide bonds. The minimum absolute atomic E-state index is 0.0989. The second-order valence-corrected chi connectivity index (χ2v) is 3.63. The van der Waals surface area contributed by atoms with Crippen molar-refractivity contribution < 1.29 is 4.79 Å². The highest BCUT2D eigenvalue weighted by Crippen LogP contribution is 2.20. The molecule has 0 bridgehead atoms. The molecule has 0 aliphatic rings. The lowest BCUT2D eigenvalue weighted by atomic mass is 10.2. The number of ketones is 1. The first-order valence-corrected chi connectivity index (χ1v) is 5.12. The minimum Gasteiger partial charge on any atom is -0.395 e. The van der Waals surface area contributed by atoms with Crippen LogP contribution in [0.4, 0.5) is 11.4 Å². The number of anilines is 2. The summed E-state index contributed by atoms with van der Waals surface area (Å²) in [4.78, 5) is 15.2. The molecule has 92 valence electrons. The fourth-order valence-corrected chi connectivity index (χ4v) is 1.23. The zero-order valence-corrected chi connectivity index (χ0v) is 10.2. The van der Waals surface area contributed by atoms with Gasteiger partial charge in [-0.25, -0.2) is 5.84 Å². The molecule has 6 heteroatoms. The Balaban J connectivity index is 3.07. The lowest BCUT2D eigenvalue weighted by Crippen LogP contribution is -2.28. The normalized spacial score (nSPS) is 11.2. The van der Waals surface area contributed by atoms with Crippen molar-refractivity contribution in [2.24, 2.45) is 11.6 Å². The summed E-state index contributed by atoms with van der Waals surface area (Å²) in [6, 6.07) is 1.83. The van der Waals surface area contributed by atoms with Gasteiger partial charge in [0.05, 0.1) is 29.0 Å². The molecule has 0 atom stereocenters. The lowest BCUT2D eigenvalue weighted by Gasteiger charge is -2.17. The van der Waals surface area contributed by atoms with E-state index in [1.807, 2.05) is 13.0 Å². The summed E-state index contributed by atoms with van der Waals surface area (Å²) in [5.74, 6) is 5.59. The maximum atomic E-state index is 11.0. The summed E-state index contributed by atoms with van der Waals surface area (Å²) in [6.45, 7) is 3.21. The van der Waals surface area contributed by atoms with Gasteiger partial charge in [0, 0.05) is 20.2 Å². The molecule has 0 saturated carbocycles. The summed E-state index contributed by atoms with van der Waals surface area (Å²) < 4.78 is 0. The summed E-state index contributed by atoms with van der Waals surface area (Å²) >= 11 is 0. The van der Waals surface area contributed by atoms with Gasteiger partial charge in [-0.2, -0.15) is 0 Å². The number of rotatable bonds is 4. The van der Waals surface area contributed by atoms with E-state index in [2.05, 4.69) is 10.3 Å². The number of nitrogens with one attached hydrogen (secondary N) is 1. The summed E-state index contributed by atoms with van der Waals surface area (Å²) in [5.41, 5.74) is 7.89. The van der Waals surface area contributed by atoms with Crippen LogP contribution in [-0.4, -0.2) is 17.8 Å². The molecule has 0 unspecified atom stereocenters. The van der Waals surface area contributed by atoms with Gasteiger partial charge in [0.1, 0.15) is 0 Å². The minimum atomic E-state index is -0.226. The molecule has 0 saturated heterocycles. The number of pyridine rings is 1. The van der Waals surface area contributed by atoms with Gasteiger partial charge < -0.3 is 11.1 Å². The van der Waals surface area contributed by atoms with Crippen LogP contribution in [0.1, 0.15) is 12.6 Å². The van der Waals surface area contributed by atoms with Crippen LogP contribution in [0.3, 0.4) is 0 Å². The van der Waals surface area contributed by atoms with Crippen molar-refractivity contribution in [3.63, 3.8) is 0 Å². The monoisotopic (exact) mass is 235 g/mol. The first-order valence-electron chi connectivity index (χ1n) is 5.12. The molecule has 1 aromatic rings. The number of carbonyl (C=O) groups is 1. The zero-order chi connectivity index (χ0) is 13.0. The van der Waals surface area contributed by atoms with Crippen LogP contribution in [0.2, 0.25) is 0 Å². The molecule has 1 heterocycles. The number of nitrogens with two attached hydrogens (primary N) is 2. The van der Waals surface area contributed by atoms with Crippen LogP contribution in [0.5, 0.6) is 0 Å². The van der Waals surface area contributed by atoms with Gasteiger partial charge in [0.25, 0.3) is 0 Å². The molecule has 0 spiro atoms. The van der Waals surface area contributed by atoms with E-state index in [9.17, 15) is 4.79 Å². The molecule has 0 aromatic carbocycles. The first kappa shape index (κ1) is 13.0. The van der Waals surface area contributed by atoms with Gasteiger partial charge in [-0.05, 0) is 13.0 Å². The third kappa shape index (κ3) is 3.18. The van der Waals surface area contributed by atoms with Crippen molar-refractivity contribution in [2.75, 3.05) is 17.4 Å². The van der Waals surface area contributed by atoms with Crippen LogP contribution < -0.4 is 21.9 Å². The Labute approximate surface area is 100 Å². The van der Waals surface area contributed by atoms with E-state index in [1.54, 1.807) is 13.2 Å². The maximum absolute atomic E-state index is 11.0. The lowest BCUT2D eigenvalue weighted by molar-refractivity contribution is -0.113. The standard InChI is InChI=1S/C11H17N5O/c1-7-11(4-9(14-3)5-15-7)16(13)6-10(12)8(2)17/h4-6,14H,12-13H2,1-3H3/b10-6-. The van der Waals surface area contributed by atoms with Gasteiger partial charge >= 0.3 is 0 Å². The number of hydrogen-bond donors (Lipinski definition) is 3. The first-order chi connectivity index (χ1) is 7.95. The van der Waals surface area contributed by atoms with E-state index in [1.165, 1.54) is 18.1 Å². The van der Waals surface area contributed by atoms with Crippen molar-refractivity contribution >= 4 is 17.2 Å². The second-order valence-electron chi connectivity index (χ2n) is 3.63. The highest BCUT2D eigenvalue weighted by Gasteiger charge is 2.07. The van der Waals surface area contributed by atoms with E-state index in [4.69, 9.17) is 11.6 Å². The predicted molar refractivity (Wildman–Crippen MR) is 68.1 cm³/mol. The number of aryl methyl sites for hydroxylation is 1. The molecule has 0 aliphatic heterocycles.